The molecule has 0 fully saturated rings. The molecule has 0 N–H and O–H groups in total. The topological polar surface area (TPSA) is 35.5 Å². The Bertz CT molecular complexity index is 983. The van der Waals surface area contributed by atoms with Gasteiger partial charge in [0.2, 0.25) is 0 Å². The number of carbonyl (C=O) groups is 1. The van der Waals surface area contributed by atoms with Gasteiger partial charge < -0.3 is 9.47 Å². The van der Waals surface area contributed by atoms with Crippen molar-refractivity contribution in [3.63, 3.8) is 0 Å². The molecule has 156 valence electrons. The largest absolute Gasteiger partial charge is 0.497 e. The first-order chi connectivity index (χ1) is 14.4. The van der Waals surface area contributed by atoms with Crippen molar-refractivity contribution in [2.45, 2.75) is 38.5 Å². The first-order valence-electron chi connectivity index (χ1n) is 10.1. The first-order valence-corrected chi connectivity index (χ1v) is 10.1. The van der Waals surface area contributed by atoms with Crippen molar-refractivity contribution in [3.05, 3.63) is 89.7 Å². The fourth-order valence-electron chi connectivity index (χ4n) is 3.53. The molecule has 0 aliphatic rings. The van der Waals surface area contributed by atoms with E-state index in [1.54, 1.807) is 38.3 Å². The van der Waals surface area contributed by atoms with Crippen LogP contribution < -0.4 is 9.47 Å². The van der Waals surface area contributed by atoms with Gasteiger partial charge in [0.15, 0.2) is 11.6 Å². The van der Waals surface area contributed by atoms with Crippen molar-refractivity contribution in [1.82, 2.24) is 0 Å². The number of para-hydroxylation sites is 1. The lowest BCUT2D eigenvalue weighted by Crippen LogP contribution is -2.30. The van der Waals surface area contributed by atoms with Crippen molar-refractivity contribution in [2.24, 2.45) is 0 Å². The maximum atomic E-state index is 14.2. The average Bonchev–Trinajstić information content (AvgIpc) is 2.76. The van der Waals surface area contributed by atoms with Crippen molar-refractivity contribution in [1.29, 1.82) is 0 Å². The van der Waals surface area contributed by atoms with Gasteiger partial charge in [-0.3, -0.25) is 4.79 Å². The Kier molecular flexibility index (Phi) is 6.88. The molecule has 0 aliphatic carbocycles. The number of hydrogen-bond acceptors (Lipinski definition) is 3. The third-order valence-corrected chi connectivity index (χ3v) is 5.61. The van der Waals surface area contributed by atoms with Gasteiger partial charge >= 0.3 is 0 Å². The smallest absolute Gasteiger partial charge is 0.165 e. The highest BCUT2D eigenvalue weighted by molar-refractivity contribution is 5.87. The van der Waals surface area contributed by atoms with Gasteiger partial charge in [0.25, 0.3) is 0 Å². The van der Waals surface area contributed by atoms with Crippen molar-refractivity contribution in [2.75, 3.05) is 7.11 Å². The second-order valence-electron chi connectivity index (χ2n) is 7.65. The molecule has 0 amide bonds. The van der Waals surface area contributed by atoms with Crippen LogP contribution in [0.25, 0.3) is 0 Å². The summed E-state index contributed by atoms with van der Waals surface area (Å²) in [5, 5.41) is 0. The fourth-order valence-corrected chi connectivity index (χ4v) is 3.53. The quantitative estimate of drug-likeness (QED) is 0.407. The summed E-state index contributed by atoms with van der Waals surface area (Å²) >= 11 is 0. The Morgan fingerprint density at radius 2 is 1.67 bits per heavy atom. The first kappa shape index (κ1) is 21.6. The summed E-state index contributed by atoms with van der Waals surface area (Å²) in [4.78, 5) is 12.5. The molecule has 3 aromatic carbocycles. The molecule has 0 bridgehead atoms. The molecule has 1 atom stereocenters. The Hall–Kier alpha value is -3.14. The summed E-state index contributed by atoms with van der Waals surface area (Å²) in [6, 6.07) is 21.7. The standard InChI is InChI=1S/C26H27FO3/c1-19(28)26(2,21-12-14-22(29-3)15-13-21)17-7-8-20-11-16-24(27)25(18-20)30-23-9-5-4-6-10-23/h4-6,9-16,18H,7-8,17H2,1-3H3. The van der Waals surface area contributed by atoms with Crippen LogP contribution in [0.5, 0.6) is 17.2 Å². The highest BCUT2D eigenvalue weighted by atomic mass is 19.1. The normalized spacial score (nSPS) is 12.8. The molecule has 0 aliphatic heterocycles. The number of methoxy groups -OCH3 is 1. The van der Waals surface area contributed by atoms with Crippen LogP contribution in [0, 0.1) is 5.82 Å². The SMILES string of the molecule is COc1ccc(C(C)(CCCc2ccc(F)c(Oc3ccccc3)c2)C(C)=O)cc1. The van der Waals surface area contributed by atoms with E-state index >= 15 is 0 Å². The summed E-state index contributed by atoms with van der Waals surface area (Å²) in [7, 11) is 1.62. The predicted molar refractivity (Wildman–Crippen MR) is 117 cm³/mol. The van der Waals surface area contributed by atoms with E-state index in [4.69, 9.17) is 9.47 Å². The molecule has 30 heavy (non-hydrogen) atoms. The van der Waals surface area contributed by atoms with Crippen LogP contribution in [0.3, 0.4) is 0 Å². The van der Waals surface area contributed by atoms with E-state index in [-0.39, 0.29) is 11.5 Å². The Balaban J connectivity index is 1.69. The van der Waals surface area contributed by atoms with Crippen molar-refractivity contribution >= 4 is 5.78 Å². The Morgan fingerprint density at radius 3 is 2.30 bits per heavy atom. The van der Waals surface area contributed by atoms with Crippen LogP contribution in [-0.4, -0.2) is 12.9 Å². The van der Waals surface area contributed by atoms with E-state index in [1.165, 1.54) is 6.07 Å². The molecule has 3 nitrogen and oxygen atoms in total. The van der Waals surface area contributed by atoms with Crippen molar-refractivity contribution in [3.8, 4) is 17.2 Å². The van der Waals surface area contributed by atoms with E-state index in [0.717, 1.165) is 29.7 Å². The third-order valence-electron chi connectivity index (χ3n) is 5.61. The van der Waals surface area contributed by atoms with Crippen LogP contribution in [-0.2, 0) is 16.6 Å². The van der Waals surface area contributed by atoms with Crippen LogP contribution in [0.1, 0.15) is 37.8 Å². The predicted octanol–water partition coefficient (Wildman–Crippen LogP) is 6.50. The molecule has 3 rings (SSSR count). The summed E-state index contributed by atoms with van der Waals surface area (Å²) in [5.41, 5.74) is 1.38. The second kappa shape index (κ2) is 9.57. The fraction of sp³-hybridized carbons (Fsp3) is 0.269. The number of aryl methyl sites for hydroxylation is 1. The third kappa shape index (κ3) is 5.07. The molecule has 0 heterocycles. The molecule has 4 heteroatoms. The summed E-state index contributed by atoms with van der Waals surface area (Å²) in [5.74, 6) is 1.30. The van der Waals surface area contributed by atoms with Gasteiger partial charge in [0.1, 0.15) is 17.3 Å². The molecule has 3 aromatic rings. The monoisotopic (exact) mass is 406 g/mol. The molecule has 0 aromatic heterocycles. The molecule has 0 spiro atoms. The van der Waals surface area contributed by atoms with Gasteiger partial charge in [-0.1, -0.05) is 36.4 Å². The number of ketones is 1. The van der Waals surface area contributed by atoms with E-state index in [9.17, 15) is 9.18 Å². The van der Waals surface area contributed by atoms with Crippen LogP contribution in [0.15, 0.2) is 72.8 Å². The molecule has 0 saturated heterocycles. The lowest BCUT2D eigenvalue weighted by atomic mass is 9.75. The van der Waals surface area contributed by atoms with Crippen LogP contribution >= 0.6 is 0 Å². The lowest BCUT2D eigenvalue weighted by molar-refractivity contribution is -0.122. The Labute approximate surface area is 177 Å². The van der Waals surface area contributed by atoms with Gasteiger partial charge in [-0.25, -0.2) is 4.39 Å². The molecular formula is C26H27FO3. The zero-order chi connectivity index (χ0) is 21.6. The lowest BCUT2D eigenvalue weighted by Gasteiger charge is -2.27. The van der Waals surface area contributed by atoms with Gasteiger partial charge in [0.05, 0.1) is 12.5 Å². The highest BCUT2D eigenvalue weighted by Crippen LogP contribution is 2.33. The van der Waals surface area contributed by atoms with Gasteiger partial charge in [-0.05, 0) is 80.6 Å². The zero-order valence-electron chi connectivity index (χ0n) is 17.7. The highest BCUT2D eigenvalue weighted by Gasteiger charge is 2.31. The minimum Gasteiger partial charge on any atom is -0.497 e. The molecule has 1 unspecified atom stereocenters. The zero-order valence-corrected chi connectivity index (χ0v) is 17.7. The van der Waals surface area contributed by atoms with Gasteiger partial charge in [0, 0.05) is 0 Å². The van der Waals surface area contributed by atoms with Gasteiger partial charge in [-0.2, -0.15) is 0 Å². The number of Topliss-reactive ketones (excluding diaryl/α,β-unsaturated/α-hetero) is 1. The van der Waals surface area contributed by atoms with E-state index in [1.807, 2.05) is 49.4 Å². The number of halogens is 1. The number of ether oxygens (including phenoxy) is 2. The second-order valence-corrected chi connectivity index (χ2v) is 7.65. The summed E-state index contributed by atoms with van der Waals surface area (Å²) in [6.07, 6.45) is 2.21. The van der Waals surface area contributed by atoms with Gasteiger partial charge in [-0.15, -0.1) is 0 Å². The number of carbonyl (C=O) groups excluding carboxylic acids is 1. The minimum atomic E-state index is -0.574. The number of benzene rings is 3. The molecular weight excluding hydrogens is 379 g/mol. The number of hydrogen-bond donors (Lipinski definition) is 0. The Morgan fingerprint density at radius 1 is 0.967 bits per heavy atom. The maximum Gasteiger partial charge on any atom is 0.165 e. The minimum absolute atomic E-state index is 0.125. The summed E-state index contributed by atoms with van der Waals surface area (Å²) < 4.78 is 25.1. The van der Waals surface area contributed by atoms with E-state index in [2.05, 4.69) is 0 Å². The van der Waals surface area contributed by atoms with Crippen molar-refractivity contribution < 1.29 is 18.7 Å². The van der Waals surface area contributed by atoms with Crippen LogP contribution in [0.4, 0.5) is 4.39 Å². The van der Waals surface area contributed by atoms with E-state index in [0.29, 0.717) is 12.2 Å². The maximum absolute atomic E-state index is 14.2. The number of rotatable bonds is 9. The van der Waals surface area contributed by atoms with Crippen LogP contribution in [0.2, 0.25) is 0 Å². The summed E-state index contributed by atoms with van der Waals surface area (Å²) in [6.45, 7) is 3.61. The molecule has 0 radical (unpaired) electrons. The van der Waals surface area contributed by atoms with E-state index < -0.39 is 11.2 Å². The molecule has 0 saturated carbocycles. The average molecular weight is 406 g/mol.